The van der Waals surface area contributed by atoms with Crippen LogP contribution in [-0.4, -0.2) is 5.88 Å². The normalized spacial score (nSPS) is 13.8. The van der Waals surface area contributed by atoms with Gasteiger partial charge in [-0.05, 0) is 36.2 Å². The first-order valence-electron chi connectivity index (χ1n) is 6.14. The van der Waals surface area contributed by atoms with Crippen LogP contribution in [0.2, 0.25) is 0 Å². The van der Waals surface area contributed by atoms with Gasteiger partial charge in [-0.3, -0.25) is 0 Å². The number of alkyl halides is 1. The van der Waals surface area contributed by atoms with Gasteiger partial charge in [0.15, 0.2) is 0 Å². The van der Waals surface area contributed by atoms with Gasteiger partial charge in [0, 0.05) is 5.88 Å². The summed E-state index contributed by atoms with van der Waals surface area (Å²) in [5, 5.41) is 0. The topological polar surface area (TPSA) is 0 Å². The second-order valence-corrected chi connectivity index (χ2v) is 5.90. The minimum absolute atomic E-state index is 0.332. The molecule has 1 rings (SSSR count). The van der Waals surface area contributed by atoms with Crippen LogP contribution in [0.4, 0.5) is 0 Å². The molecule has 0 nitrogen and oxygen atoms in total. The number of aryl methyl sites for hydroxylation is 1. The third-order valence-electron chi connectivity index (χ3n) is 3.27. The zero-order valence-electron chi connectivity index (χ0n) is 10.7. The quantitative estimate of drug-likeness (QED) is 0.640. The van der Waals surface area contributed by atoms with E-state index in [1.165, 1.54) is 24.8 Å². The summed E-state index contributed by atoms with van der Waals surface area (Å²) in [5.41, 5.74) is 1.77. The summed E-state index contributed by atoms with van der Waals surface area (Å²) in [6, 6.07) is 10.7. The van der Waals surface area contributed by atoms with Crippen LogP contribution in [0.25, 0.3) is 0 Å². The SMILES string of the molecule is CC(C)(C)C(CCl)CCCc1ccccc1. The Bertz CT molecular complexity index is 284. The number of halogens is 1. The summed E-state index contributed by atoms with van der Waals surface area (Å²) in [4.78, 5) is 0. The highest BCUT2D eigenvalue weighted by Gasteiger charge is 2.22. The number of hydrogen-bond acceptors (Lipinski definition) is 0. The highest BCUT2D eigenvalue weighted by molar-refractivity contribution is 6.18. The van der Waals surface area contributed by atoms with Crippen molar-refractivity contribution in [1.82, 2.24) is 0 Å². The summed E-state index contributed by atoms with van der Waals surface area (Å²) in [6.07, 6.45) is 3.63. The first-order valence-corrected chi connectivity index (χ1v) is 6.67. The Balaban J connectivity index is 2.35. The van der Waals surface area contributed by atoms with Crippen LogP contribution in [-0.2, 0) is 6.42 Å². The second-order valence-electron chi connectivity index (χ2n) is 5.60. The lowest BCUT2D eigenvalue weighted by atomic mass is 9.79. The molecule has 0 aliphatic carbocycles. The zero-order valence-corrected chi connectivity index (χ0v) is 11.4. The maximum absolute atomic E-state index is 6.03. The van der Waals surface area contributed by atoms with Crippen LogP contribution < -0.4 is 0 Å². The van der Waals surface area contributed by atoms with Crippen LogP contribution in [0, 0.1) is 11.3 Å². The maximum Gasteiger partial charge on any atom is 0.0256 e. The van der Waals surface area contributed by atoms with Crippen LogP contribution in [0.5, 0.6) is 0 Å². The van der Waals surface area contributed by atoms with E-state index < -0.39 is 0 Å². The van der Waals surface area contributed by atoms with E-state index in [0.717, 1.165) is 5.88 Å². The van der Waals surface area contributed by atoms with Crippen molar-refractivity contribution in [2.75, 3.05) is 5.88 Å². The standard InChI is InChI=1S/C15H23Cl/c1-15(2,3)14(12-16)11-7-10-13-8-5-4-6-9-13/h4-6,8-9,14H,7,10-12H2,1-3H3. The Labute approximate surface area is 105 Å². The van der Waals surface area contributed by atoms with Crippen molar-refractivity contribution in [1.29, 1.82) is 0 Å². The largest absolute Gasteiger partial charge is 0.126 e. The lowest BCUT2D eigenvalue weighted by Gasteiger charge is -2.29. The fraction of sp³-hybridized carbons (Fsp3) is 0.600. The van der Waals surface area contributed by atoms with Gasteiger partial charge >= 0.3 is 0 Å². The van der Waals surface area contributed by atoms with E-state index in [-0.39, 0.29) is 0 Å². The van der Waals surface area contributed by atoms with E-state index in [2.05, 4.69) is 51.1 Å². The number of hydrogen-bond donors (Lipinski definition) is 0. The van der Waals surface area contributed by atoms with Gasteiger partial charge < -0.3 is 0 Å². The molecule has 1 atom stereocenters. The van der Waals surface area contributed by atoms with E-state index in [9.17, 15) is 0 Å². The van der Waals surface area contributed by atoms with Crippen LogP contribution in [0.15, 0.2) is 30.3 Å². The monoisotopic (exact) mass is 238 g/mol. The van der Waals surface area contributed by atoms with Crippen molar-refractivity contribution < 1.29 is 0 Å². The summed E-state index contributed by atoms with van der Waals surface area (Å²) >= 11 is 6.03. The van der Waals surface area contributed by atoms with Crippen LogP contribution >= 0.6 is 11.6 Å². The molecule has 0 spiro atoms. The van der Waals surface area contributed by atoms with E-state index in [0.29, 0.717) is 11.3 Å². The Morgan fingerprint density at radius 2 is 1.75 bits per heavy atom. The van der Waals surface area contributed by atoms with Gasteiger partial charge in [0.1, 0.15) is 0 Å². The summed E-state index contributed by atoms with van der Waals surface area (Å²) in [6.45, 7) is 6.84. The molecule has 0 N–H and O–H groups in total. The molecule has 1 aromatic rings. The Hall–Kier alpha value is -0.490. The molecule has 0 aromatic heterocycles. The molecule has 1 unspecified atom stereocenters. The molecular weight excluding hydrogens is 216 g/mol. The van der Waals surface area contributed by atoms with Gasteiger partial charge in [-0.25, -0.2) is 0 Å². The molecule has 0 fully saturated rings. The summed E-state index contributed by atoms with van der Waals surface area (Å²) in [5.74, 6) is 1.40. The minimum atomic E-state index is 0.332. The molecule has 0 amide bonds. The molecular formula is C15H23Cl. The van der Waals surface area contributed by atoms with Gasteiger partial charge in [-0.1, -0.05) is 51.1 Å². The second kappa shape index (κ2) is 6.30. The Morgan fingerprint density at radius 1 is 1.12 bits per heavy atom. The first-order chi connectivity index (χ1) is 7.54. The van der Waals surface area contributed by atoms with Crippen LogP contribution in [0.3, 0.4) is 0 Å². The highest BCUT2D eigenvalue weighted by atomic mass is 35.5. The minimum Gasteiger partial charge on any atom is -0.126 e. The van der Waals surface area contributed by atoms with Crippen molar-refractivity contribution in [2.45, 2.75) is 40.0 Å². The van der Waals surface area contributed by atoms with Gasteiger partial charge in [0.2, 0.25) is 0 Å². The van der Waals surface area contributed by atoms with Crippen molar-refractivity contribution in [3.8, 4) is 0 Å². The lowest BCUT2D eigenvalue weighted by molar-refractivity contribution is 0.246. The van der Waals surface area contributed by atoms with Crippen LogP contribution in [0.1, 0.15) is 39.2 Å². The van der Waals surface area contributed by atoms with Gasteiger partial charge in [0.05, 0.1) is 0 Å². The predicted molar refractivity (Wildman–Crippen MR) is 73.0 cm³/mol. The summed E-state index contributed by atoms with van der Waals surface area (Å²) < 4.78 is 0. The Morgan fingerprint density at radius 3 is 2.25 bits per heavy atom. The van der Waals surface area contributed by atoms with Gasteiger partial charge in [0.25, 0.3) is 0 Å². The highest BCUT2D eigenvalue weighted by Crippen LogP contribution is 2.31. The van der Waals surface area contributed by atoms with E-state index >= 15 is 0 Å². The average Bonchev–Trinajstić information content (AvgIpc) is 2.24. The number of rotatable bonds is 5. The molecule has 16 heavy (non-hydrogen) atoms. The molecule has 1 aromatic carbocycles. The molecule has 0 aliphatic heterocycles. The third-order valence-corrected chi connectivity index (χ3v) is 3.64. The summed E-state index contributed by atoms with van der Waals surface area (Å²) in [7, 11) is 0. The van der Waals surface area contributed by atoms with Crippen molar-refractivity contribution >= 4 is 11.6 Å². The smallest absolute Gasteiger partial charge is 0.0256 e. The Kier molecular flexibility index (Phi) is 5.34. The fourth-order valence-electron chi connectivity index (χ4n) is 1.94. The third kappa shape index (κ3) is 4.57. The van der Waals surface area contributed by atoms with E-state index in [4.69, 9.17) is 11.6 Å². The van der Waals surface area contributed by atoms with Crippen molar-refractivity contribution in [3.63, 3.8) is 0 Å². The maximum atomic E-state index is 6.03. The van der Waals surface area contributed by atoms with Crippen molar-refractivity contribution in [3.05, 3.63) is 35.9 Å². The average molecular weight is 239 g/mol. The molecule has 0 bridgehead atoms. The van der Waals surface area contributed by atoms with Crippen molar-refractivity contribution in [2.24, 2.45) is 11.3 Å². The predicted octanol–water partition coefficient (Wildman–Crippen LogP) is 4.91. The molecule has 1 heteroatoms. The number of benzene rings is 1. The molecule has 0 saturated heterocycles. The van der Waals surface area contributed by atoms with Gasteiger partial charge in [-0.15, -0.1) is 11.6 Å². The molecule has 0 saturated carbocycles. The van der Waals surface area contributed by atoms with Gasteiger partial charge in [-0.2, -0.15) is 0 Å². The molecule has 0 heterocycles. The fourth-order valence-corrected chi connectivity index (χ4v) is 2.56. The van der Waals surface area contributed by atoms with E-state index in [1.54, 1.807) is 0 Å². The van der Waals surface area contributed by atoms with E-state index in [1.807, 2.05) is 0 Å². The molecule has 0 radical (unpaired) electrons. The molecule has 0 aliphatic rings. The zero-order chi connectivity index (χ0) is 12.0. The first kappa shape index (κ1) is 13.6. The lowest BCUT2D eigenvalue weighted by Crippen LogP contribution is -2.22. The molecule has 90 valence electrons.